The van der Waals surface area contributed by atoms with E-state index < -0.39 is 6.04 Å². The second kappa shape index (κ2) is 9.80. The van der Waals surface area contributed by atoms with Crippen LogP contribution in [0.15, 0.2) is 65.7 Å². The summed E-state index contributed by atoms with van der Waals surface area (Å²) >= 11 is 1.25. The van der Waals surface area contributed by atoms with Crippen molar-refractivity contribution in [2.45, 2.75) is 38.1 Å². The molecular weight excluding hydrogens is 534 g/mol. The van der Waals surface area contributed by atoms with Crippen molar-refractivity contribution in [1.29, 1.82) is 0 Å². The summed E-state index contributed by atoms with van der Waals surface area (Å²) in [6, 6.07) is 14.8. The van der Waals surface area contributed by atoms with Crippen molar-refractivity contribution in [2.75, 3.05) is 11.3 Å². The maximum absolute atomic E-state index is 14.3. The predicted octanol–water partition coefficient (Wildman–Crippen LogP) is 4.67. The number of fused-ring (bicyclic) bond motifs is 4. The van der Waals surface area contributed by atoms with Crippen LogP contribution >= 0.6 is 12.1 Å². The summed E-state index contributed by atoms with van der Waals surface area (Å²) in [5, 5.41) is 9.26. The van der Waals surface area contributed by atoms with E-state index in [4.69, 9.17) is 6.42 Å². The fraction of sp³-hybridized carbons (Fsp3) is 0.226. The van der Waals surface area contributed by atoms with Crippen LogP contribution < -0.4 is 20.3 Å². The standard InChI is InChI=1S/C31H27N7O2S/c1-4-18-12-13-20-21-16-22(21)25-24(20)23(18)31(40)38(19-10-7-6-8-11-19)27(25)17(3)34-30(39)26-28(36-41-33-5-2)35-37-15-9-14-32-29(26)37/h1,6-15,17,21-22,33H,5,16H2,2-3H3,(H,34,39)(H,35,36)/t17-,21-,22-/m0/s1. The summed E-state index contributed by atoms with van der Waals surface area (Å²) in [6.07, 6.45) is 10.3. The third kappa shape index (κ3) is 3.92. The van der Waals surface area contributed by atoms with Gasteiger partial charge in [0.1, 0.15) is 5.56 Å². The van der Waals surface area contributed by atoms with Crippen LogP contribution in [0.4, 0.5) is 5.82 Å². The number of terminal acetylenes is 1. The largest absolute Gasteiger partial charge is 0.344 e. The lowest BCUT2D eigenvalue weighted by molar-refractivity contribution is 0.0941. The fourth-order valence-corrected chi connectivity index (χ4v) is 6.64. The third-order valence-corrected chi connectivity index (χ3v) is 8.64. The van der Waals surface area contributed by atoms with E-state index >= 15 is 0 Å². The van der Waals surface area contributed by atoms with Crippen molar-refractivity contribution in [1.82, 2.24) is 29.2 Å². The molecule has 2 aliphatic carbocycles. The second-order valence-corrected chi connectivity index (χ2v) is 11.0. The molecule has 10 heteroatoms. The van der Waals surface area contributed by atoms with Crippen molar-refractivity contribution < 1.29 is 4.79 Å². The van der Waals surface area contributed by atoms with Crippen LogP contribution in [0.2, 0.25) is 0 Å². The van der Waals surface area contributed by atoms with Gasteiger partial charge in [-0.15, -0.1) is 11.5 Å². The highest BCUT2D eigenvalue weighted by Gasteiger charge is 2.50. The third-order valence-electron chi connectivity index (χ3n) is 7.92. The number of anilines is 1. The van der Waals surface area contributed by atoms with Crippen LogP contribution in [-0.2, 0) is 0 Å². The number of amides is 1. The molecule has 0 saturated heterocycles. The van der Waals surface area contributed by atoms with Gasteiger partial charge >= 0.3 is 0 Å². The molecule has 0 radical (unpaired) electrons. The number of benzene rings is 2. The van der Waals surface area contributed by atoms with Gasteiger partial charge in [-0.05, 0) is 66.0 Å². The molecule has 3 aromatic heterocycles. The minimum atomic E-state index is -0.510. The number of carbonyl (C=O) groups excluding carboxylic acids is 1. The summed E-state index contributed by atoms with van der Waals surface area (Å²) in [5.41, 5.74) is 4.97. The van der Waals surface area contributed by atoms with Crippen molar-refractivity contribution in [3.63, 3.8) is 0 Å². The Balaban J connectivity index is 1.39. The lowest BCUT2D eigenvalue weighted by atomic mass is 9.94. The Bertz CT molecular complexity index is 1960. The quantitative estimate of drug-likeness (QED) is 0.144. The molecule has 0 aliphatic heterocycles. The molecule has 9 nitrogen and oxygen atoms in total. The smallest absolute Gasteiger partial charge is 0.264 e. The number of nitrogens with one attached hydrogen (secondary N) is 3. The Morgan fingerprint density at radius 3 is 2.78 bits per heavy atom. The molecular formula is C31H27N7O2S. The summed E-state index contributed by atoms with van der Waals surface area (Å²) < 4.78 is 9.55. The maximum atomic E-state index is 14.3. The van der Waals surface area contributed by atoms with Crippen LogP contribution in [0.5, 0.6) is 0 Å². The summed E-state index contributed by atoms with van der Waals surface area (Å²) in [7, 11) is 0. The molecule has 3 heterocycles. The van der Waals surface area contributed by atoms with E-state index in [-0.39, 0.29) is 17.4 Å². The number of para-hydroxylation sites is 1. The van der Waals surface area contributed by atoms with Crippen molar-refractivity contribution >= 4 is 40.3 Å². The Kier molecular flexibility index (Phi) is 6.07. The molecule has 7 rings (SSSR count). The molecule has 1 fully saturated rings. The molecule has 3 N–H and O–H groups in total. The molecule has 1 saturated carbocycles. The zero-order valence-corrected chi connectivity index (χ0v) is 23.3. The summed E-state index contributed by atoms with van der Waals surface area (Å²) in [5.74, 6) is 3.45. The molecule has 2 aromatic carbocycles. The predicted molar refractivity (Wildman–Crippen MR) is 161 cm³/mol. The van der Waals surface area contributed by atoms with E-state index in [1.54, 1.807) is 27.5 Å². The lowest BCUT2D eigenvalue weighted by Gasteiger charge is -2.25. The first-order chi connectivity index (χ1) is 20.0. The van der Waals surface area contributed by atoms with Crippen LogP contribution in [0.25, 0.3) is 22.1 Å². The first-order valence-corrected chi connectivity index (χ1v) is 14.4. The number of pyridine rings is 1. The number of aromatic nitrogens is 4. The number of nitrogens with zero attached hydrogens (tertiary/aromatic N) is 4. The monoisotopic (exact) mass is 561 g/mol. The average Bonchev–Trinajstić information content (AvgIpc) is 3.59. The van der Waals surface area contributed by atoms with E-state index in [9.17, 15) is 9.59 Å². The minimum absolute atomic E-state index is 0.177. The number of hydrogen-bond donors (Lipinski definition) is 3. The van der Waals surface area contributed by atoms with Gasteiger partial charge in [-0.25, -0.2) is 14.2 Å². The normalized spacial score (nSPS) is 17.3. The molecule has 3 atom stereocenters. The Morgan fingerprint density at radius 2 is 2.00 bits per heavy atom. The van der Waals surface area contributed by atoms with E-state index in [2.05, 4.69) is 36.8 Å². The van der Waals surface area contributed by atoms with Gasteiger partial charge in [0.25, 0.3) is 11.5 Å². The van der Waals surface area contributed by atoms with Crippen molar-refractivity contribution in [3.8, 4) is 18.0 Å². The zero-order chi connectivity index (χ0) is 28.2. The maximum Gasteiger partial charge on any atom is 0.264 e. The first-order valence-electron chi connectivity index (χ1n) is 13.6. The van der Waals surface area contributed by atoms with Crippen LogP contribution in [-0.4, -0.2) is 31.6 Å². The Morgan fingerprint density at radius 1 is 1.17 bits per heavy atom. The molecule has 0 unspecified atom stereocenters. The average molecular weight is 562 g/mol. The van der Waals surface area contributed by atoms with Gasteiger partial charge in [-0.2, -0.15) is 0 Å². The zero-order valence-electron chi connectivity index (χ0n) is 22.5. The fourth-order valence-electron chi connectivity index (χ4n) is 6.18. The molecule has 5 aromatic rings. The highest BCUT2D eigenvalue weighted by atomic mass is 32.2. The topological polar surface area (TPSA) is 105 Å². The molecule has 41 heavy (non-hydrogen) atoms. The Labute approximate surface area is 240 Å². The van der Waals surface area contributed by atoms with Gasteiger partial charge in [0.05, 0.1) is 17.1 Å². The number of hydrogen-bond acceptors (Lipinski definition) is 7. The lowest BCUT2D eigenvalue weighted by Crippen LogP contribution is -2.33. The van der Waals surface area contributed by atoms with Gasteiger partial charge < -0.3 is 5.32 Å². The molecule has 1 amide bonds. The van der Waals surface area contributed by atoms with E-state index in [0.717, 1.165) is 35.3 Å². The summed E-state index contributed by atoms with van der Waals surface area (Å²) in [6.45, 7) is 4.64. The van der Waals surface area contributed by atoms with Gasteiger partial charge in [0.2, 0.25) is 0 Å². The first kappa shape index (κ1) is 25.4. The van der Waals surface area contributed by atoms with E-state index in [1.807, 2.05) is 50.2 Å². The van der Waals surface area contributed by atoms with Gasteiger partial charge in [-0.3, -0.25) is 18.9 Å². The molecule has 0 spiro atoms. The molecule has 0 bridgehead atoms. The van der Waals surface area contributed by atoms with E-state index in [1.165, 1.54) is 17.7 Å². The minimum Gasteiger partial charge on any atom is -0.344 e. The van der Waals surface area contributed by atoms with Gasteiger partial charge in [0.15, 0.2) is 11.5 Å². The highest BCUT2D eigenvalue weighted by molar-refractivity contribution is 7.98. The van der Waals surface area contributed by atoms with Gasteiger partial charge in [0, 0.05) is 42.3 Å². The summed E-state index contributed by atoms with van der Waals surface area (Å²) in [4.78, 5) is 32.7. The van der Waals surface area contributed by atoms with E-state index in [0.29, 0.717) is 33.9 Å². The number of rotatable bonds is 8. The highest BCUT2D eigenvalue weighted by Crippen LogP contribution is 2.64. The molecule has 2 aliphatic rings. The Hall–Kier alpha value is -4.59. The van der Waals surface area contributed by atoms with Crippen LogP contribution in [0, 0.1) is 12.3 Å². The van der Waals surface area contributed by atoms with Crippen molar-refractivity contribution in [2.24, 2.45) is 0 Å². The van der Waals surface area contributed by atoms with Crippen LogP contribution in [0.3, 0.4) is 0 Å². The number of carbonyl (C=O) groups is 1. The van der Waals surface area contributed by atoms with Crippen LogP contribution in [0.1, 0.15) is 70.9 Å². The molecule has 204 valence electrons. The van der Waals surface area contributed by atoms with Gasteiger partial charge in [-0.1, -0.05) is 37.1 Å². The second-order valence-electron chi connectivity index (χ2n) is 10.3. The van der Waals surface area contributed by atoms with Crippen molar-refractivity contribution in [3.05, 3.63) is 99.2 Å². The SMILES string of the molecule is C#Cc1ccc2c3c(c([C@H](C)NC(=O)c4c(NSNCC)nn5cccnc45)n(-c4ccccc4)c(=O)c13)[C@H]1C[C@@H]21.